The van der Waals surface area contributed by atoms with E-state index in [1.165, 1.54) is 4.90 Å². The molecule has 1 aliphatic rings. The van der Waals surface area contributed by atoms with Gasteiger partial charge >= 0.3 is 5.97 Å². The van der Waals surface area contributed by atoms with Crippen molar-refractivity contribution in [1.29, 1.82) is 0 Å². The Kier molecular flexibility index (Phi) is 5.93. The minimum absolute atomic E-state index is 0.0513. The van der Waals surface area contributed by atoms with Gasteiger partial charge in [-0.3, -0.25) is 14.4 Å². The molecule has 0 saturated heterocycles. The standard InChI is InChI=1S/C21H22N2O5/c1-14-21(27)23(17-9-5-6-10-18(17)28-14)12-11-19(24)22-16(13-20(25)26)15-7-3-2-4-8-15/h2-10,14,16H,11-13H2,1H3,(H,22,24)(H,25,26)/t14-,16+/m1/s1. The van der Waals surface area contributed by atoms with E-state index in [0.29, 0.717) is 11.4 Å². The number of carboxylic acids is 1. The van der Waals surface area contributed by atoms with E-state index < -0.39 is 18.1 Å². The van der Waals surface area contributed by atoms with Gasteiger partial charge in [-0.2, -0.15) is 0 Å². The summed E-state index contributed by atoms with van der Waals surface area (Å²) in [7, 11) is 0. The summed E-state index contributed by atoms with van der Waals surface area (Å²) in [5, 5.41) is 11.9. The lowest BCUT2D eigenvalue weighted by Crippen LogP contribution is -2.46. The van der Waals surface area contributed by atoms with Crippen LogP contribution in [0.25, 0.3) is 0 Å². The second-order valence-electron chi connectivity index (χ2n) is 6.60. The van der Waals surface area contributed by atoms with E-state index in [1.54, 1.807) is 49.4 Å². The lowest BCUT2D eigenvalue weighted by molar-refractivity contribution is -0.137. The Morgan fingerprint density at radius 1 is 1.14 bits per heavy atom. The van der Waals surface area contributed by atoms with E-state index in [0.717, 1.165) is 5.56 Å². The lowest BCUT2D eigenvalue weighted by atomic mass is 10.0. The van der Waals surface area contributed by atoms with Crippen molar-refractivity contribution < 1.29 is 24.2 Å². The third-order valence-corrected chi connectivity index (χ3v) is 4.55. The molecule has 0 saturated carbocycles. The lowest BCUT2D eigenvalue weighted by Gasteiger charge is -2.33. The first-order valence-corrected chi connectivity index (χ1v) is 9.09. The summed E-state index contributed by atoms with van der Waals surface area (Å²) < 4.78 is 5.59. The Hall–Kier alpha value is -3.35. The predicted octanol–water partition coefficient (Wildman–Crippen LogP) is 2.52. The van der Waals surface area contributed by atoms with E-state index in [-0.39, 0.29) is 31.2 Å². The molecule has 7 heteroatoms. The number of anilines is 1. The summed E-state index contributed by atoms with van der Waals surface area (Å²) in [4.78, 5) is 37.7. The molecule has 7 nitrogen and oxygen atoms in total. The normalized spacial score (nSPS) is 16.7. The zero-order chi connectivity index (χ0) is 20.1. The van der Waals surface area contributed by atoms with Gasteiger partial charge in [-0.1, -0.05) is 42.5 Å². The molecule has 2 N–H and O–H groups in total. The first kappa shape index (κ1) is 19.4. The fraction of sp³-hybridized carbons (Fsp3) is 0.286. The smallest absolute Gasteiger partial charge is 0.305 e. The molecular weight excluding hydrogens is 360 g/mol. The number of nitrogens with one attached hydrogen (secondary N) is 1. The highest BCUT2D eigenvalue weighted by molar-refractivity contribution is 6.00. The maximum absolute atomic E-state index is 12.5. The molecule has 0 bridgehead atoms. The second kappa shape index (κ2) is 8.56. The van der Waals surface area contributed by atoms with E-state index >= 15 is 0 Å². The molecule has 2 atom stereocenters. The number of ether oxygens (including phenoxy) is 1. The van der Waals surface area contributed by atoms with Gasteiger partial charge in [-0.25, -0.2) is 0 Å². The monoisotopic (exact) mass is 382 g/mol. The molecule has 0 aliphatic carbocycles. The summed E-state index contributed by atoms with van der Waals surface area (Å²) in [5.74, 6) is -0.931. The van der Waals surface area contributed by atoms with Gasteiger partial charge in [0.1, 0.15) is 5.75 Å². The predicted molar refractivity (Wildman–Crippen MR) is 103 cm³/mol. The van der Waals surface area contributed by atoms with Crippen molar-refractivity contribution in [3.8, 4) is 5.75 Å². The number of hydrogen-bond acceptors (Lipinski definition) is 4. The molecule has 0 fully saturated rings. The van der Waals surface area contributed by atoms with Crippen molar-refractivity contribution in [1.82, 2.24) is 5.32 Å². The summed E-state index contributed by atoms with van der Waals surface area (Å²) in [6.45, 7) is 1.85. The zero-order valence-electron chi connectivity index (χ0n) is 15.5. The molecule has 1 aliphatic heterocycles. The van der Waals surface area contributed by atoms with Gasteiger partial charge in [0.2, 0.25) is 5.91 Å². The molecule has 146 valence electrons. The van der Waals surface area contributed by atoms with Gasteiger partial charge < -0.3 is 20.1 Å². The van der Waals surface area contributed by atoms with E-state index in [2.05, 4.69) is 5.32 Å². The number of benzene rings is 2. The van der Waals surface area contributed by atoms with Gasteiger partial charge in [-0.05, 0) is 24.6 Å². The Balaban J connectivity index is 1.67. The third-order valence-electron chi connectivity index (χ3n) is 4.55. The maximum atomic E-state index is 12.5. The van der Waals surface area contributed by atoms with Crippen LogP contribution in [0.3, 0.4) is 0 Å². The number of carboxylic acid groups (broad SMARTS) is 1. The molecule has 2 aromatic carbocycles. The minimum atomic E-state index is -1.000. The Morgan fingerprint density at radius 3 is 2.54 bits per heavy atom. The fourth-order valence-electron chi connectivity index (χ4n) is 3.18. The van der Waals surface area contributed by atoms with E-state index in [4.69, 9.17) is 9.84 Å². The number of amides is 2. The van der Waals surface area contributed by atoms with Crippen molar-refractivity contribution in [2.24, 2.45) is 0 Å². The minimum Gasteiger partial charge on any atom is -0.481 e. The van der Waals surface area contributed by atoms with Crippen LogP contribution in [0.1, 0.15) is 31.4 Å². The summed E-state index contributed by atoms with van der Waals surface area (Å²) in [5.41, 5.74) is 1.35. The molecule has 2 amide bonds. The quantitative estimate of drug-likeness (QED) is 0.767. The topological polar surface area (TPSA) is 95.9 Å². The first-order chi connectivity index (χ1) is 13.5. The number of carbonyl (C=O) groups excluding carboxylic acids is 2. The highest BCUT2D eigenvalue weighted by atomic mass is 16.5. The number of hydrogen-bond donors (Lipinski definition) is 2. The number of aliphatic carboxylic acids is 1. The molecule has 2 aromatic rings. The van der Waals surface area contributed by atoms with Crippen LogP contribution in [0.2, 0.25) is 0 Å². The van der Waals surface area contributed by atoms with Crippen molar-refractivity contribution in [2.45, 2.75) is 31.9 Å². The SMILES string of the molecule is C[C@H]1Oc2ccccc2N(CCC(=O)N[C@@H](CC(=O)O)c2ccccc2)C1=O. The number of carbonyl (C=O) groups is 3. The highest BCUT2D eigenvalue weighted by Crippen LogP contribution is 2.33. The zero-order valence-corrected chi connectivity index (χ0v) is 15.5. The van der Waals surface area contributed by atoms with Crippen molar-refractivity contribution >= 4 is 23.5 Å². The summed E-state index contributed by atoms with van der Waals surface area (Å²) in [6.07, 6.45) is -0.788. The van der Waals surface area contributed by atoms with Gasteiger partial charge in [0.15, 0.2) is 6.10 Å². The molecule has 0 radical (unpaired) electrons. The van der Waals surface area contributed by atoms with Crippen molar-refractivity contribution in [3.63, 3.8) is 0 Å². The van der Waals surface area contributed by atoms with Crippen LogP contribution in [-0.4, -0.2) is 35.5 Å². The van der Waals surface area contributed by atoms with Crippen LogP contribution >= 0.6 is 0 Å². The van der Waals surface area contributed by atoms with Crippen LogP contribution in [-0.2, 0) is 14.4 Å². The van der Waals surface area contributed by atoms with Crippen molar-refractivity contribution in [3.05, 3.63) is 60.2 Å². The number of fused-ring (bicyclic) bond motifs is 1. The molecule has 3 rings (SSSR count). The van der Waals surface area contributed by atoms with E-state index in [9.17, 15) is 14.4 Å². The van der Waals surface area contributed by atoms with Gasteiger partial charge in [-0.15, -0.1) is 0 Å². The Morgan fingerprint density at radius 2 is 1.82 bits per heavy atom. The Labute approximate surface area is 162 Å². The molecule has 0 aromatic heterocycles. The van der Waals surface area contributed by atoms with Crippen LogP contribution < -0.4 is 15.0 Å². The number of nitrogens with zero attached hydrogens (tertiary/aromatic N) is 1. The maximum Gasteiger partial charge on any atom is 0.305 e. The van der Waals surface area contributed by atoms with Crippen molar-refractivity contribution in [2.75, 3.05) is 11.4 Å². The van der Waals surface area contributed by atoms with Crippen LogP contribution in [0.5, 0.6) is 5.75 Å². The molecule has 28 heavy (non-hydrogen) atoms. The molecule has 1 heterocycles. The molecular formula is C21H22N2O5. The largest absolute Gasteiger partial charge is 0.481 e. The first-order valence-electron chi connectivity index (χ1n) is 9.09. The number of rotatable bonds is 7. The fourth-order valence-corrected chi connectivity index (χ4v) is 3.18. The van der Waals surface area contributed by atoms with Gasteiger partial charge in [0, 0.05) is 13.0 Å². The van der Waals surface area contributed by atoms with Crippen LogP contribution in [0.4, 0.5) is 5.69 Å². The van der Waals surface area contributed by atoms with Crippen LogP contribution in [0, 0.1) is 0 Å². The molecule has 0 spiro atoms. The number of para-hydroxylation sites is 2. The van der Waals surface area contributed by atoms with Gasteiger partial charge in [0.25, 0.3) is 5.91 Å². The molecule has 0 unspecified atom stereocenters. The Bertz CT molecular complexity index is 868. The third kappa shape index (κ3) is 4.49. The summed E-state index contributed by atoms with van der Waals surface area (Å²) >= 11 is 0. The average Bonchev–Trinajstić information content (AvgIpc) is 2.68. The van der Waals surface area contributed by atoms with Crippen LogP contribution in [0.15, 0.2) is 54.6 Å². The summed E-state index contributed by atoms with van der Waals surface area (Å²) in [6, 6.07) is 15.5. The average molecular weight is 382 g/mol. The van der Waals surface area contributed by atoms with Gasteiger partial charge in [0.05, 0.1) is 18.2 Å². The highest BCUT2D eigenvalue weighted by Gasteiger charge is 2.31. The second-order valence-corrected chi connectivity index (χ2v) is 6.60. The van der Waals surface area contributed by atoms with E-state index in [1.807, 2.05) is 12.1 Å².